The van der Waals surface area contributed by atoms with Crippen LogP contribution in [0.5, 0.6) is 0 Å². The number of amides is 1. The zero-order chi connectivity index (χ0) is 10.1. The Morgan fingerprint density at radius 2 is 2.29 bits per heavy atom. The van der Waals surface area contributed by atoms with Gasteiger partial charge in [0.15, 0.2) is 0 Å². The molecule has 2 N–H and O–H groups in total. The molecule has 0 bridgehead atoms. The summed E-state index contributed by atoms with van der Waals surface area (Å²) in [7, 11) is 0. The first-order valence-electron chi connectivity index (χ1n) is 4.11. The predicted molar refractivity (Wildman–Crippen MR) is 59.7 cm³/mol. The number of hydrogen-bond acceptors (Lipinski definition) is 2. The molecule has 0 aliphatic rings. The standard InChI is InChI=1S/C10H8ClNOS/c11-7-1-2-9-8(4-7)6(5-14-9)3-10(12)13/h1-2,4-5H,3H2,(H2,12,13). The quantitative estimate of drug-likeness (QED) is 0.839. The Kier molecular flexibility index (Phi) is 2.44. The van der Waals surface area contributed by atoms with Crippen molar-refractivity contribution in [1.29, 1.82) is 0 Å². The van der Waals surface area contributed by atoms with Crippen LogP contribution in [0.2, 0.25) is 5.02 Å². The molecule has 0 fully saturated rings. The van der Waals surface area contributed by atoms with Gasteiger partial charge in [0.05, 0.1) is 6.42 Å². The van der Waals surface area contributed by atoms with E-state index in [-0.39, 0.29) is 12.3 Å². The fourth-order valence-electron chi connectivity index (χ4n) is 1.38. The molecular weight excluding hydrogens is 218 g/mol. The summed E-state index contributed by atoms with van der Waals surface area (Å²) in [6.45, 7) is 0. The summed E-state index contributed by atoms with van der Waals surface area (Å²) >= 11 is 7.47. The number of fused-ring (bicyclic) bond motifs is 1. The Hall–Kier alpha value is -1.06. The number of carbonyl (C=O) groups excluding carboxylic acids is 1. The molecule has 0 aliphatic heterocycles. The van der Waals surface area contributed by atoms with Gasteiger partial charge in [-0.2, -0.15) is 0 Å². The topological polar surface area (TPSA) is 43.1 Å². The number of benzene rings is 1. The number of hydrogen-bond donors (Lipinski definition) is 1. The molecule has 2 rings (SSSR count). The summed E-state index contributed by atoms with van der Waals surface area (Å²) in [4.78, 5) is 10.8. The van der Waals surface area contributed by atoms with Crippen molar-refractivity contribution in [3.8, 4) is 0 Å². The second kappa shape index (κ2) is 3.59. The molecule has 0 aliphatic carbocycles. The maximum absolute atomic E-state index is 10.8. The van der Waals surface area contributed by atoms with E-state index >= 15 is 0 Å². The maximum atomic E-state index is 10.8. The minimum atomic E-state index is -0.315. The highest BCUT2D eigenvalue weighted by Gasteiger charge is 2.06. The van der Waals surface area contributed by atoms with Gasteiger partial charge in [0.2, 0.25) is 5.91 Å². The molecule has 0 saturated carbocycles. The van der Waals surface area contributed by atoms with Crippen LogP contribution in [0, 0.1) is 0 Å². The molecule has 72 valence electrons. The van der Waals surface area contributed by atoms with Crippen molar-refractivity contribution < 1.29 is 4.79 Å². The molecule has 0 atom stereocenters. The second-order valence-electron chi connectivity index (χ2n) is 3.04. The van der Waals surface area contributed by atoms with Crippen molar-refractivity contribution in [2.24, 2.45) is 5.73 Å². The van der Waals surface area contributed by atoms with Gasteiger partial charge in [-0.15, -0.1) is 11.3 Å². The monoisotopic (exact) mass is 225 g/mol. The normalized spacial score (nSPS) is 10.6. The molecule has 4 heteroatoms. The summed E-state index contributed by atoms with van der Waals surface area (Å²) in [5, 5.41) is 3.66. The summed E-state index contributed by atoms with van der Waals surface area (Å²) in [5.74, 6) is -0.315. The van der Waals surface area contributed by atoms with Gasteiger partial charge in [-0.3, -0.25) is 4.79 Å². The van der Waals surface area contributed by atoms with Crippen LogP contribution in [0.25, 0.3) is 10.1 Å². The number of primary amides is 1. The highest BCUT2D eigenvalue weighted by Crippen LogP contribution is 2.28. The lowest BCUT2D eigenvalue weighted by molar-refractivity contribution is -0.117. The van der Waals surface area contributed by atoms with Crippen LogP contribution in [0.3, 0.4) is 0 Å². The molecule has 1 aromatic carbocycles. The van der Waals surface area contributed by atoms with Crippen LogP contribution in [0.1, 0.15) is 5.56 Å². The van der Waals surface area contributed by atoms with Gasteiger partial charge in [-0.25, -0.2) is 0 Å². The van der Waals surface area contributed by atoms with Crippen molar-refractivity contribution in [2.45, 2.75) is 6.42 Å². The zero-order valence-corrected chi connectivity index (χ0v) is 8.86. The number of thiophene rings is 1. The first-order valence-corrected chi connectivity index (χ1v) is 5.36. The molecule has 0 spiro atoms. The Morgan fingerprint density at radius 1 is 1.50 bits per heavy atom. The summed E-state index contributed by atoms with van der Waals surface area (Å²) < 4.78 is 1.13. The molecule has 0 saturated heterocycles. The van der Waals surface area contributed by atoms with Gasteiger partial charge in [0, 0.05) is 9.72 Å². The number of halogens is 1. The minimum Gasteiger partial charge on any atom is -0.369 e. The van der Waals surface area contributed by atoms with Crippen molar-refractivity contribution in [3.05, 3.63) is 34.2 Å². The van der Waals surface area contributed by atoms with Gasteiger partial charge < -0.3 is 5.73 Å². The Labute approximate surface area is 90.3 Å². The minimum absolute atomic E-state index is 0.278. The molecule has 0 radical (unpaired) electrons. The van der Waals surface area contributed by atoms with E-state index in [1.54, 1.807) is 11.3 Å². The van der Waals surface area contributed by atoms with E-state index in [0.717, 1.165) is 15.6 Å². The second-order valence-corrected chi connectivity index (χ2v) is 4.39. The molecule has 0 unspecified atom stereocenters. The number of rotatable bonds is 2. The van der Waals surface area contributed by atoms with Crippen LogP contribution >= 0.6 is 22.9 Å². The molecule has 1 heterocycles. The predicted octanol–water partition coefficient (Wildman–Crippen LogP) is 2.58. The highest BCUT2D eigenvalue weighted by atomic mass is 35.5. The third-order valence-corrected chi connectivity index (χ3v) is 3.23. The van der Waals surface area contributed by atoms with Gasteiger partial charge in [-0.05, 0) is 34.5 Å². The van der Waals surface area contributed by atoms with E-state index in [2.05, 4.69) is 0 Å². The number of nitrogens with two attached hydrogens (primary N) is 1. The molecule has 2 aromatic rings. The highest BCUT2D eigenvalue weighted by molar-refractivity contribution is 7.17. The van der Waals surface area contributed by atoms with E-state index < -0.39 is 0 Å². The van der Waals surface area contributed by atoms with Gasteiger partial charge in [0.25, 0.3) is 0 Å². The van der Waals surface area contributed by atoms with Crippen molar-refractivity contribution in [3.63, 3.8) is 0 Å². The summed E-state index contributed by atoms with van der Waals surface area (Å²) in [6.07, 6.45) is 0.278. The molecule has 14 heavy (non-hydrogen) atoms. The largest absolute Gasteiger partial charge is 0.369 e. The average molecular weight is 226 g/mol. The first-order chi connectivity index (χ1) is 6.66. The van der Waals surface area contributed by atoms with Gasteiger partial charge in [-0.1, -0.05) is 11.6 Å². The van der Waals surface area contributed by atoms with E-state index in [1.165, 1.54) is 0 Å². The third-order valence-electron chi connectivity index (χ3n) is 1.98. The van der Waals surface area contributed by atoms with Gasteiger partial charge >= 0.3 is 0 Å². The average Bonchev–Trinajstić information content (AvgIpc) is 2.47. The van der Waals surface area contributed by atoms with E-state index in [1.807, 2.05) is 23.6 Å². The Bertz CT molecular complexity index is 492. The van der Waals surface area contributed by atoms with Crippen molar-refractivity contribution in [2.75, 3.05) is 0 Å². The van der Waals surface area contributed by atoms with E-state index in [9.17, 15) is 4.79 Å². The third kappa shape index (κ3) is 1.74. The summed E-state index contributed by atoms with van der Waals surface area (Å²) in [5.41, 5.74) is 6.10. The lowest BCUT2D eigenvalue weighted by atomic mass is 10.1. The van der Waals surface area contributed by atoms with Crippen LogP contribution in [-0.4, -0.2) is 5.91 Å². The maximum Gasteiger partial charge on any atom is 0.221 e. The lowest BCUT2D eigenvalue weighted by Crippen LogP contribution is -2.13. The van der Waals surface area contributed by atoms with Crippen LogP contribution in [0.4, 0.5) is 0 Å². The van der Waals surface area contributed by atoms with Crippen molar-refractivity contribution in [1.82, 2.24) is 0 Å². The summed E-state index contributed by atoms with van der Waals surface area (Å²) in [6, 6.07) is 5.66. The smallest absolute Gasteiger partial charge is 0.221 e. The Balaban J connectivity index is 2.55. The fourth-order valence-corrected chi connectivity index (χ4v) is 2.49. The molecular formula is C10H8ClNOS. The Morgan fingerprint density at radius 3 is 3.00 bits per heavy atom. The first kappa shape index (κ1) is 9.49. The van der Waals surface area contributed by atoms with Crippen LogP contribution in [-0.2, 0) is 11.2 Å². The van der Waals surface area contributed by atoms with Crippen LogP contribution in [0.15, 0.2) is 23.6 Å². The number of carbonyl (C=O) groups is 1. The van der Waals surface area contributed by atoms with E-state index in [4.69, 9.17) is 17.3 Å². The molecule has 2 nitrogen and oxygen atoms in total. The van der Waals surface area contributed by atoms with Crippen molar-refractivity contribution >= 4 is 38.9 Å². The SMILES string of the molecule is NC(=O)Cc1csc2ccc(Cl)cc12. The molecule has 1 aromatic heterocycles. The van der Waals surface area contributed by atoms with Gasteiger partial charge in [0.1, 0.15) is 0 Å². The fraction of sp³-hybridized carbons (Fsp3) is 0.100. The lowest BCUT2D eigenvalue weighted by Gasteiger charge is -1.95. The van der Waals surface area contributed by atoms with E-state index in [0.29, 0.717) is 5.02 Å². The zero-order valence-electron chi connectivity index (χ0n) is 7.29. The van der Waals surface area contributed by atoms with Crippen LogP contribution < -0.4 is 5.73 Å². The molecule has 1 amide bonds.